The first kappa shape index (κ1) is 26.6. The van der Waals surface area contributed by atoms with Gasteiger partial charge in [-0.2, -0.15) is 0 Å². The van der Waals surface area contributed by atoms with E-state index >= 15 is 0 Å². The van der Waals surface area contributed by atoms with Crippen molar-refractivity contribution in [1.82, 2.24) is 0 Å². The Hall–Kier alpha value is -1.00. The standard InChI is InChI=1S/C29H42O2S2/c1-24(2,3)18-13-28(14-19(22(18)30)25(4,5)6)29(33-17-32-28)15-20(26(7,8)9)23(31)21(16-29)27(10,11)12/h13-16H,17H2,1-12H3. The van der Waals surface area contributed by atoms with E-state index in [4.69, 9.17) is 0 Å². The average Bonchev–Trinajstić information content (AvgIpc) is 2.92. The van der Waals surface area contributed by atoms with Crippen LogP contribution in [0.25, 0.3) is 0 Å². The highest BCUT2D eigenvalue weighted by atomic mass is 32.2. The second-order valence-corrected chi connectivity index (χ2v) is 16.8. The molecule has 0 aromatic rings. The van der Waals surface area contributed by atoms with Gasteiger partial charge in [-0.05, 0) is 21.7 Å². The Morgan fingerprint density at radius 3 is 0.909 bits per heavy atom. The summed E-state index contributed by atoms with van der Waals surface area (Å²) >= 11 is 3.79. The lowest BCUT2D eigenvalue weighted by molar-refractivity contribution is -0.115. The predicted octanol–water partition coefficient (Wildman–Crippen LogP) is 7.96. The number of hydrogen-bond donors (Lipinski definition) is 0. The molecule has 1 fully saturated rings. The van der Waals surface area contributed by atoms with Crippen LogP contribution in [0.3, 0.4) is 0 Å². The van der Waals surface area contributed by atoms with Crippen molar-refractivity contribution in [3.63, 3.8) is 0 Å². The molecule has 3 aliphatic rings. The number of carbonyl (C=O) groups excluding carboxylic acids is 2. The molecule has 0 N–H and O–H groups in total. The highest BCUT2D eigenvalue weighted by Crippen LogP contribution is 2.63. The van der Waals surface area contributed by atoms with Crippen molar-refractivity contribution in [3.8, 4) is 0 Å². The minimum absolute atomic E-state index is 0.167. The van der Waals surface area contributed by atoms with Gasteiger partial charge in [0.05, 0.1) is 9.49 Å². The third kappa shape index (κ3) is 4.51. The van der Waals surface area contributed by atoms with Gasteiger partial charge in [-0.25, -0.2) is 0 Å². The van der Waals surface area contributed by atoms with Gasteiger partial charge < -0.3 is 0 Å². The van der Waals surface area contributed by atoms with Gasteiger partial charge in [-0.1, -0.05) is 107 Å². The maximum atomic E-state index is 13.7. The van der Waals surface area contributed by atoms with Gasteiger partial charge in [0.25, 0.3) is 0 Å². The predicted molar refractivity (Wildman–Crippen MR) is 146 cm³/mol. The van der Waals surface area contributed by atoms with Crippen LogP contribution in [-0.4, -0.2) is 26.1 Å². The van der Waals surface area contributed by atoms with Crippen molar-refractivity contribution in [2.24, 2.45) is 21.7 Å². The Bertz CT molecular complexity index is 856. The molecule has 0 saturated carbocycles. The van der Waals surface area contributed by atoms with Crippen molar-refractivity contribution in [2.45, 2.75) is 92.6 Å². The molecule has 0 unspecified atom stereocenters. The van der Waals surface area contributed by atoms with Gasteiger partial charge in [0.15, 0.2) is 11.6 Å². The molecule has 0 aromatic heterocycles. The van der Waals surface area contributed by atoms with Gasteiger partial charge in [0.1, 0.15) is 0 Å². The third-order valence-electron chi connectivity index (χ3n) is 6.85. The maximum Gasteiger partial charge on any atom is 0.185 e. The topological polar surface area (TPSA) is 34.1 Å². The van der Waals surface area contributed by atoms with Crippen LogP contribution in [0.5, 0.6) is 0 Å². The van der Waals surface area contributed by atoms with Crippen molar-refractivity contribution in [1.29, 1.82) is 0 Å². The first-order valence-electron chi connectivity index (χ1n) is 12.0. The van der Waals surface area contributed by atoms with Crippen LogP contribution in [0.15, 0.2) is 46.6 Å². The molecule has 2 aliphatic carbocycles. The van der Waals surface area contributed by atoms with Gasteiger partial charge in [0, 0.05) is 27.4 Å². The summed E-state index contributed by atoms with van der Waals surface area (Å²) in [6.45, 7) is 25.6. The Kier molecular flexibility index (Phi) is 6.25. The molecule has 33 heavy (non-hydrogen) atoms. The number of carbonyl (C=O) groups is 2. The summed E-state index contributed by atoms with van der Waals surface area (Å²) < 4.78 is -0.824. The molecule has 1 saturated heterocycles. The number of ketones is 2. The molecule has 4 heteroatoms. The van der Waals surface area contributed by atoms with E-state index in [2.05, 4.69) is 107 Å². The molecule has 0 radical (unpaired) electrons. The Morgan fingerprint density at radius 2 is 0.727 bits per heavy atom. The Balaban J connectivity index is 2.42. The summed E-state index contributed by atoms with van der Waals surface area (Å²) in [5.74, 6) is 0.334. The lowest BCUT2D eigenvalue weighted by Gasteiger charge is -2.46. The van der Waals surface area contributed by atoms with Crippen LogP contribution in [0.4, 0.5) is 0 Å². The molecule has 3 rings (SSSR count). The van der Waals surface area contributed by atoms with E-state index in [1.807, 2.05) is 23.5 Å². The first-order chi connectivity index (χ1) is 14.6. The van der Waals surface area contributed by atoms with Crippen LogP contribution in [0.1, 0.15) is 83.1 Å². The molecule has 2 nitrogen and oxygen atoms in total. The summed E-state index contributed by atoms with van der Waals surface area (Å²) in [6.07, 6.45) is 8.99. The smallest absolute Gasteiger partial charge is 0.185 e. The fraction of sp³-hybridized carbons (Fsp3) is 0.655. The molecule has 182 valence electrons. The van der Waals surface area contributed by atoms with E-state index in [0.717, 1.165) is 27.4 Å². The second kappa shape index (κ2) is 7.75. The molecule has 0 aromatic carbocycles. The van der Waals surface area contributed by atoms with Gasteiger partial charge in [0.2, 0.25) is 0 Å². The monoisotopic (exact) mass is 486 g/mol. The number of thioether (sulfide) groups is 2. The molecule has 2 spiro atoms. The molecular formula is C29H42O2S2. The summed E-state index contributed by atoms with van der Waals surface area (Å²) in [4.78, 5) is 27.4. The number of Topliss-reactive ketones (excluding diaryl/α,β-unsaturated/α-hetero) is 2. The SMILES string of the molecule is CC(C)(C)C1=CC2(C=C(C(C)(C)C)C1=O)SCSC21C=C(C(C)(C)C)C(=O)C(C(C)(C)C)=C1. The van der Waals surface area contributed by atoms with Crippen molar-refractivity contribution in [3.05, 3.63) is 46.6 Å². The Labute approximate surface area is 210 Å². The number of fused-ring (bicyclic) bond motifs is 1. The highest BCUT2D eigenvalue weighted by Gasteiger charge is 2.58. The van der Waals surface area contributed by atoms with Crippen LogP contribution in [0, 0.1) is 21.7 Å². The summed E-state index contributed by atoms with van der Waals surface area (Å²) in [5, 5.41) is 0.909. The minimum atomic E-state index is -0.412. The van der Waals surface area contributed by atoms with E-state index in [-0.39, 0.29) is 33.2 Å². The van der Waals surface area contributed by atoms with E-state index in [9.17, 15) is 9.59 Å². The van der Waals surface area contributed by atoms with Crippen molar-refractivity contribution < 1.29 is 9.59 Å². The first-order valence-corrected chi connectivity index (χ1v) is 13.9. The van der Waals surface area contributed by atoms with E-state index in [0.29, 0.717) is 0 Å². The second-order valence-electron chi connectivity index (χ2n) is 13.9. The van der Waals surface area contributed by atoms with E-state index < -0.39 is 9.49 Å². The molecule has 0 bridgehead atoms. The fourth-order valence-corrected chi connectivity index (χ4v) is 8.43. The molecular weight excluding hydrogens is 444 g/mol. The van der Waals surface area contributed by atoms with Crippen LogP contribution in [-0.2, 0) is 9.59 Å². The molecule has 0 atom stereocenters. The fourth-order valence-electron chi connectivity index (χ4n) is 4.79. The highest BCUT2D eigenvalue weighted by molar-refractivity contribution is 8.21. The summed E-state index contributed by atoms with van der Waals surface area (Å²) in [5.41, 5.74) is 2.50. The molecule has 1 aliphatic heterocycles. The van der Waals surface area contributed by atoms with Crippen molar-refractivity contribution >= 4 is 35.1 Å². The largest absolute Gasteiger partial charge is 0.289 e. The van der Waals surface area contributed by atoms with Crippen molar-refractivity contribution in [2.75, 3.05) is 5.08 Å². The summed E-state index contributed by atoms with van der Waals surface area (Å²) in [6, 6.07) is 0. The maximum absolute atomic E-state index is 13.7. The lowest BCUT2D eigenvalue weighted by Crippen LogP contribution is -2.48. The Morgan fingerprint density at radius 1 is 0.515 bits per heavy atom. The molecule has 1 heterocycles. The van der Waals surface area contributed by atoms with Gasteiger partial charge >= 0.3 is 0 Å². The normalized spacial score (nSPS) is 23.5. The quantitative estimate of drug-likeness (QED) is 0.348. The van der Waals surface area contributed by atoms with E-state index in [1.54, 1.807) is 0 Å². The zero-order chi connectivity index (χ0) is 25.4. The molecule has 0 amide bonds. The lowest BCUT2D eigenvalue weighted by atomic mass is 9.65. The third-order valence-corrected chi connectivity index (χ3v) is 10.0. The minimum Gasteiger partial charge on any atom is -0.289 e. The van der Waals surface area contributed by atoms with Gasteiger partial charge in [-0.15, -0.1) is 23.5 Å². The van der Waals surface area contributed by atoms with E-state index in [1.165, 1.54) is 0 Å². The van der Waals surface area contributed by atoms with Crippen LogP contribution < -0.4 is 0 Å². The van der Waals surface area contributed by atoms with Crippen LogP contribution in [0.2, 0.25) is 0 Å². The average molecular weight is 487 g/mol. The number of rotatable bonds is 0. The number of allylic oxidation sites excluding steroid dienone is 4. The van der Waals surface area contributed by atoms with Crippen LogP contribution >= 0.6 is 23.5 Å². The van der Waals surface area contributed by atoms with Gasteiger partial charge in [-0.3, -0.25) is 9.59 Å². The summed E-state index contributed by atoms with van der Waals surface area (Å²) in [7, 11) is 0. The zero-order valence-corrected chi connectivity index (χ0v) is 24.3. The zero-order valence-electron chi connectivity index (χ0n) is 22.6. The number of hydrogen-bond acceptors (Lipinski definition) is 4.